The average Bonchev–Trinajstić information content (AvgIpc) is 2.43. The first-order chi connectivity index (χ1) is 11.3. The highest BCUT2D eigenvalue weighted by Crippen LogP contribution is 2.55. The number of hydrogen-bond donors (Lipinski definition) is 3. The van der Waals surface area contributed by atoms with Crippen molar-refractivity contribution in [3.63, 3.8) is 0 Å². The Hall–Kier alpha value is -1.10. The van der Waals surface area contributed by atoms with Crippen molar-refractivity contribution >= 4 is 11.8 Å². The molecule has 5 nitrogen and oxygen atoms in total. The van der Waals surface area contributed by atoms with Gasteiger partial charge in [-0.05, 0) is 77.0 Å². The standard InChI is InChI=1S/C19H33N3O2/c1-12(2)20-17(23)11-22(4)13(3)18(24)21-19-8-14-5-15(9-19)7-16(6-14)10-19/h12-16H,5-11H2,1-4H3,(H,20,23)(H,21,24)/p+1/t13-,14?,15?,16?,19?/m0/s1. The van der Waals surface area contributed by atoms with Crippen LogP contribution in [0.3, 0.4) is 0 Å². The Morgan fingerprint density at radius 3 is 2.00 bits per heavy atom. The van der Waals surface area contributed by atoms with Gasteiger partial charge in [-0.15, -0.1) is 0 Å². The fourth-order valence-electron chi connectivity index (χ4n) is 5.64. The molecule has 0 heterocycles. The average molecular weight is 337 g/mol. The van der Waals surface area contributed by atoms with E-state index < -0.39 is 0 Å². The summed E-state index contributed by atoms with van der Waals surface area (Å²) < 4.78 is 0. The lowest BCUT2D eigenvalue weighted by atomic mass is 9.53. The second-order valence-corrected chi connectivity index (χ2v) is 9.15. The summed E-state index contributed by atoms with van der Waals surface area (Å²) in [5.41, 5.74) is 0.0561. The van der Waals surface area contributed by atoms with Crippen LogP contribution in [0.4, 0.5) is 0 Å². The van der Waals surface area contributed by atoms with E-state index in [1.165, 1.54) is 38.5 Å². The lowest BCUT2D eigenvalue weighted by Gasteiger charge is -2.57. The van der Waals surface area contributed by atoms with E-state index >= 15 is 0 Å². The van der Waals surface area contributed by atoms with Crippen molar-refractivity contribution in [2.24, 2.45) is 17.8 Å². The largest absolute Gasteiger partial charge is 0.349 e. The topological polar surface area (TPSA) is 62.6 Å². The third-order valence-corrected chi connectivity index (χ3v) is 6.45. The van der Waals surface area contributed by atoms with Gasteiger partial charge in [-0.2, -0.15) is 0 Å². The molecule has 5 heteroatoms. The van der Waals surface area contributed by atoms with Crippen LogP contribution >= 0.6 is 0 Å². The van der Waals surface area contributed by atoms with Crippen LogP contribution in [0, 0.1) is 17.8 Å². The van der Waals surface area contributed by atoms with E-state index in [9.17, 15) is 9.59 Å². The number of quaternary nitrogens is 1. The molecule has 3 N–H and O–H groups in total. The van der Waals surface area contributed by atoms with Gasteiger partial charge in [-0.1, -0.05) is 0 Å². The van der Waals surface area contributed by atoms with Crippen molar-refractivity contribution in [2.75, 3.05) is 13.6 Å². The predicted molar refractivity (Wildman–Crippen MR) is 93.5 cm³/mol. The molecule has 136 valence electrons. The minimum atomic E-state index is -0.198. The monoisotopic (exact) mass is 336 g/mol. The van der Waals surface area contributed by atoms with Crippen LogP contribution in [0.25, 0.3) is 0 Å². The number of rotatable bonds is 6. The molecule has 2 amide bonds. The number of hydrogen-bond acceptors (Lipinski definition) is 2. The maximum absolute atomic E-state index is 12.8. The predicted octanol–water partition coefficient (Wildman–Crippen LogP) is 0.499. The highest BCUT2D eigenvalue weighted by atomic mass is 16.2. The number of carbonyl (C=O) groups is 2. The molecule has 0 saturated heterocycles. The molecule has 4 bridgehead atoms. The van der Waals surface area contributed by atoms with E-state index in [1.807, 2.05) is 27.8 Å². The van der Waals surface area contributed by atoms with Gasteiger partial charge in [0.1, 0.15) is 0 Å². The van der Waals surface area contributed by atoms with Gasteiger partial charge in [0.05, 0.1) is 7.05 Å². The molecule has 1 unspecified atom stereocenters. The Balaban J connectivity index is 1.55. The summed E-state index contributed by atoms with van der Waals surface area (Å²) >= 11 is 0. The first-order valence-corrected chi connectivity index (χ1v) is 9.70. The normalized spacial score (nSPS) is 36.5. The van der Waals surface area contributed by atoms with Crippen molar-refractivity contribution < 1.29 is 14.5 Å². The molecule has 0 aromatic carbocycles. The molecule has 0 radical (unpaired) electrons. The Bertz CT molecular complexity index is 468. The molecule has 4 saturated carbocycles. The van der Waals surface area contributed by atoms with Crippen LogP contribution in [0.15, 0.2) is 0 Å². The molecular formula is C19H34N3O2+. The SMILES string of the molecule is CC(C)NC(=O)C[NH+](C)[C@@H](C)C(=O)NC12CC3CC(CC(C3)C1)C2. The Labute approximate surface area is 145 Å². The fraction of sp³-hybridized carbons (Fsp3) is 0.895. The van der Waals surface area contributed by atoms with Gasteiger partial charge in [0.2, 0.25) is 0 Å². The van der Waals surface area contributed by atoms with Gasteiger partial charge in [0, 0.05) is 11.6 Å². The van der Waals surface area contributed by atoms with Gasteiger partial charge in [-0.3, -0.25) is 9.59 Å². The summed E-state index contributed by atoms with van der Waals surface area (Å²) in [7, 11) is 1.93. The van der Waals surface area contributed by atoms with E-state index in [2.05, 4.69) is 10.6 Å². The molecule has 24 heavy (non-hydrogen) atoms. The highest BCUT2D eigenvalue weighted by molar-refractivity contribution is 5.81. The zero-order valence-electron chi connectivity index (χ0n) is 15.7. The van der Waals surface area contributed by atoms with Crippen molar-refractivity contribution in [1.82, 2.24) is 10.6 Å². The summed E-state index contributed by atoms with van der Waals surface area (Å²) in [5, 5.41) is 6.33. The molecule has 0 spiro atoms. The Kier molecular flexibility index (Phi) is 4.92. The minimum Gasteiger partial charge on any atom is -0.349 e. The Morgan fingerprint density at radius 2 is 1.54 bits per heavy atom. The van der Waals surface area contributed by atoms with Crippen molar-refractivity contribution in [3.05, 3.63) is 0 Å². The zero-order chi connectivity index (χ0) is 17.5. The van der Waals surface area contributed by atoms with Crippen LogP contribution in [0.2, 0.25) is 0 Å². The fourth-order valence-corrected chi connectivity index (χ4v) is 5.64. The van der Waals surface area contributed by atoms with E-state index in [0.29, 0.717) is 6.54 Å². The van der Waals surface area contributed by atoms with E-state index in [0.717, 1.165) is 22.7 Å². The molecule has 4 aliphatic rings. The molecule has 4 fully saturated rings. The first-order valence-electron chi connectivity index (χ1n) is 9.70. The maximum Gasteiger partial charge on any atom is 0.278 e. The quantitative estimate of drug-likeness (QED) is 0.661. The molecule has 2 atom stereocenters. The van der Waals surface area contributed by atoms with Gasteiger partial charge in [0.15, 0.2) is 12.6 Å². The lowest BCUT2D eigenvalue weighted by Crippen LogP contribution is -3.15. The van der Waals surface area contributed by atoms with Crippen LogP contribution < -0.4 is 15.5 Å². The van der Waals surface area contributed by atoms with Crippen LogP contribution in [-0.2, 0) is 9.59 Å². The summed E-state index contributed by atoms with van der Waals surface area (Å²) in [6, 6.07) is -0.0580. The van der Waals surface area contributed by atoms with Crippen molar-refractivity contribution in [2.45, 2.75) is 76.9 Å². The van der Waals surface area contributed by atoms with Crippen molar-refractivity contribution in [1.29, 1.82) is 0 Å². The molecule has 4 rings (SSSR count). The lowest BCUT2D eigenvalue weighted by molar-refractivity contribution is -0.886. The second kappa shape index (κ2) is 6.66. The third-order valence-electron chi connectivity index (χ3n) is 6.45. The molecule has 0 aliphatic heterocycles. The van der Waals surface area contributed by atoms with E-state index in [1.54, 1.807) is 0 Å². The van der Waals surface area contributed by atoms with E-state index in [-0.39, 0.29) is 29.4 Å². The zero-order valence-corrected chi connectivity index (χ0v) is 15.7. The van der Waals surface area contributed by atoms with E-state index in [4.69, 9.17) is 0 Å². The highest BCUT2D eigenvalue weighted by Gasteiger charge is 2.52. The number of carbonyl (C=O) groups excluding carboxylic acids is 2. The minimum absolute atomic E-state index is 0.0111. The second-order valence-electron chi connectivity index (χ2n) is 9.15. The molecule has 0 aromatic heterocycles. The summed E-state index contributed by atoms with van der Waals surface area (Å²) in [5.74, 6) is 2.61. The number of amides is 2. The number of nitrogens with one attached hydrogen (secondary N) is 3. The molecule has 4 aliphatic carbocycles. The maximum atomic E-state index is 12.8. The van der Waals surface area contributed by atoms with Gasteiger partial charge < -0.3 is 15.5 Å². The first kappa shape index (κ1) is 17.7. The summed E-state index contributed by atoms with van der Waals surface area (Å²) in [6.45, 7) is 6.19. The third kappa shape index (κ3) is 3.76. The summed E-state index contributed by atoms with van der Waals surface area (Å²) in [4.78, 5) is 25.7. The Morgan fingerprint density at radius 1 is 1.04 bits per heavy atom. The summed E-state index contributed by atoms with van der Waals surface area (Å²) in [6.07, 6.45) is 7.65. The van der Waals surface area contributed by atoms with Crippen molar-refractivity contribution in [3.8, 4) is 0 Å². The van der Waals surface area contributed by atoms with Gasteiger partial charge in [0.25, 0.3) is 11.8 Å². The van der Waals surface area contributed by atoms with Crippen LogP contribution in [0.5, 0.6) is 0 Å². The van der Waals surface area contributed by atoms with Gasteiger partial charge in [-0.25, -0.2) is 0 Å². The van der Waals surface area contributed by atoms with Gasteiger partial charge >= 0.3 is 0 Å². The smallest absolute Gasteiger partial charge is 0.278 e. The van der Waals surface area contributed by atoms with Crippen LogP contribution in [-0.4, -0.2) is 43.0 Å². The number of likely N-dealkylation sites (N-methyl/N-ethyl adjacent to an activating group) is 1. The molecule has 0 aromatic rings. The molecular weight excluding hydrogens is 302 g/mol. The van der Waals surface area contributed by atoms with Crippen LogP contribution in [0.1, 0.15) is 59.3 Å².